The Morgan fingerprint density at radius 3 is 2.54 bits per heavy atom. The minimum atomic E-state index is 0.0135. The van der Waals surface area contributed by atoms with E-state index in [0.717, 1.165) is 38.4 Å². The zero-order valence-corrected chi connectivity index (χ0v) is 16.7. The van der Waals surface area contributed by atoms with E-state index < -0.39 is 0 Å². The number of benzene rings is 1. The maximum absolute atomic E-state index is 13.1. The minimum Gasteiger partial charge on any atom is -0.342 e. The SMILES string of the molecule is CC1=C(c2ccccc2)[C@@H]1C(=O)N1CCC(c2nccn2CC2CCC2)CC1. The van der Waals surface area contributed by atoms with Crippen molar-refractivity contribution in [2.45, 2.75) is 51.5 Å². The highest BCUT2D eigenvalue weighted by Crippen LogP contribution is 2.48. The van der Waals surface area contributed by atoms with Crippen molar-refractivity contribution in [1.82, 2.24) is 14.5 Å². The number of carbonyl (C=O) groups is 1. The van der Waals surface area contributed by atoms with Crippen LogP contribution in [0.4, 0.5) is 0 Å². The third-order valence-corrected chi connectivity index (χ3v) is 6.99. The molecule has 1 saturated carbocycles. The fourth-order valence-electron chi connectivity index (χ4n) is 4.98. The summed E-state index contributed by atoms with van der Waals surface area (Å²) in [5.41, 5.74) is 3.68. The molecule has 0 unspecified atom stereocenters. The van der Waals surface area contributed by atoms with E-state index in [2.05, 4.69) is 39.7 Å². The second kappa shape index (κ2) is 7.23. The van der Waals surface area contributed by atoms with Gasteiger partial charge in [-0.3, -0.25) is 4.79 Å². The number of carbonyl (C=O) groups excluding carboxylic acids is 1. The number of aromatic nitrogens is 2. The molecule has 0 radical (unpaired) electrons. The molecule has 3 aliphatic rings. The molecule has 4 heteroatoms. The highest BCUT2D eigenvalue weighted by atomic mass is 16.2. The van der Waals surface area contributed by atoms with Gasteiger partial charge in [0, 0.05) is 37.9 Å². The molecule has 4 nitrogen and oxygen atoms in total. The largest absolute Gasteiger partial charge is 0.342 e. The molecular weight excluding hydrogens is 346 g/mol. The normalized spacial score (nSPS) is 23.0. The van der Waals surface area contributed by atoms with Crippen molar-refractivity contribution in [2.24, 2.45) is 11.8 Å². The molecule has 1 aliphatic heterocycles. The molecule has 2 aliphatic carbocycles. The first-order valence-corrected chi connectivity index (χ1v) is 10.8. The summed E-state index contributed by atoms with van der Waals surface area (Å²) in [6, 6.07) is 10.3. The average molecular weight is 376 g/mol. The van der Waals surface area contributed by atoms with Crippen LogP contribution in [0.5, 0.6) is 0 Å². The van der Waals surface area contributed by atoms with Crippen molar-refractivity contribution in [3.8, 4) is 0 Å². The van der Waals surface area contributed by atoms with Gasteiger partial charge in [0.05, 0.1) is 5.92 Å². The summed E-state index contributed by atoms with van der Waals surface area (Å²) in [5, 5.41) is 0. The molecule has 5 rings (SSSR count). The molecule has 146 valence electrons. The highest BCUT2D eigenvalue weighted by molar-refractivity contribution is 6.05. The Balaban J connectivity index is 1.19. The lowest BCUT2D eigenvalue weighted by Gasteiger charge is -2.33. The van der Waals surface area contributed by atoms with Crippen LogP contribution >= 0.6 is 0 Å². The summed E-state index contributed by atoms with van der Waals surface area (Å²) in [4.78, 5) is 19.8. The predicted octanol–water partition coefficient (Wildman–Crippen LogP) is 4.49. The molecular formula is C24H29N3O. The lowest BCUT2D eigenvalue weighted by molar-refractivity contribution is -0.132. The maximum Gasteiger partial charge on any atom is 0.234 e. The molecule has 28 heavy (non-hydrogen) atoms. The van der Waals surface area contributed by atoms with E-state index in [1.165, 1.54) is 41.8 Å². The Hall–Kier alpha value is -2.36. The van der Waals surface area contributed by atoms with Crippen LogP contribution in [0.15, 0.2) is 48.3 Å². The molecule has 1 aromatic heterocycles. The standard InChI is InChI=1S/C24H29N3O/c1-17-21(19-8-3-2-4-9-19)22(17)24(28)26-13-10-20(11-14-26)23-25-12-15-27(23)16-18-6-5-7-18/h2-4,8-9,12,15,18,20,22H,5-7,10-11,13-14,16H2,1H3/t22-/m1/s1. The van der Waals surface area contributed by atoms with Gasteiger partial charge in [0.2, 0.25) is 5.91 Å². The van der Waals surface area contributed by atoms with Crippen molar-refractivity contribution in [1.29, 1.82) is 0 Å². The molecule has 0 bridgehead atoms. The quantitative estimate of drug-likeness (QED) is 0.772. The minimum absolute atomic E-state index is 0.0135. The van der Waals surface area contributed by atoms with Gasteiger partial charge in [-0.05, 0) is 49.7 Å². The Labute approximate surface area is 167 Å². The lowest BCUT2D eigenvalue weighted by Crippen LogP contribution is -2.40. The Kier molecular flexibility index (Phi) is 4.58. The number of rotatable bonds is 5. The van der Waals surface area contributed by atoms with Gasteiger partial charge in [-0.2, -0.15) is 0 Å². The molecule has 1 amide bonds. The van der Waals surface area contributed by atoms with Gasteiger partial charge in [0.1, 0.15) is 5.82 Å². The summed E-state index contributed by atoms with van der Waals surface area (Å²) in [6.45, 7) is 4.94. The van der Waals surface area contributed by atoms with Crippen LogP contribution in [-0.2, 0) is 11.3 Å². The fraction of sp³-hybridized carbons (Fsp3) is 0.500. The van der Waals surface area contributed by atoms with Crippen LogP contribution in [0.1, 0.15) is 56.3 Å². The first kappa shape index (κ1) is 17.7. The van der Waals surface area contributed by atoms with Crippen LogP contribution in [0.3, 0.4) is 0 Å². The maximum atomic E-state index is 13.1. The molecule has 2 aromatic rings. The number of likely N-dealkylation sites (tertiary alicyclic amines) is 1. The molecule has 2 heterocycles. The second-order valence-electron chi connectivity index (χ2n) is 8.73. The van der Waals surface area contributed by atoms with E-state index in [0.29, 0.717) is 11.8 Å². The fourth-order valence-corrected chi connectivity index (χ4v) is 4.98. The van der Waals surface area contributed by atoms with Crippen molar-refractivity contribution >= 4 is 11.5 Å². The topological polar surface area (TPSA) is 38.1 Å². The van der Waals surface area contributed by atoms with E-state index in [1.54, 1.807) is 0 Å². The van der Waals surface area contributed by atoms with Crippen molar-refractivity contribution in [3.63, 3.8) is 0 Å². The first-order valence-electron chi connectivity index (χ1n) is 10.8. The molecule has 1 atom stereocenters. The van der Waals surface area contributed by atoms with Gasteiger partial charge in [-0.1, -0.05) is 42.3 Å². The van der Waals surface area contributed by atoms with E-state index in [9.17, 15) is 4.79 Å². The first-order chi connectivity index (χ1) is 13.7. The van der Waals surface area contributed by atoms with Gasteiger partial charge in [0.25, 0.3) is 0 Å². The van der Waals surface area contributed by atoms with Crippen LogP contribution in [0.2, 0.25) is 0 Å². The molecule has 0 spiro atoms. The predicted molar refractivity (Wildman–Crippen MR) is 111 cm³/mol. The zero-order valence-electron chi connectivity index (χ0n) is 16.7. The average Bonchev–Trinajstić information content (AvgIpc) is 3.15. The second-order valence-corrected chi connectivity index (χ2v) is 8.73. The van der Waals surface area contributed by atoms with Crippen LogP contribution in [-0.4, -0.2) is 33.4 Å². The number of amides is 1. The van der Waals surface area contributed by atoms with Gasteiger partial charge in [-0.15, -0.1) is 0 Å². The smallest absolute Gasteiger partial charge is 0.234 e. The number of hydrogen-bond acceptors (Lipinski definition) is 2. The van der Waals surface area contributed by atoms with Crippen molar-refractivity contribution in [2.75, 3.05) is 13.1 Å². The van der Waals surface area contributed by atoms with E-state index in [1.807, 2.05) is 24.4 Å². The highest BCUT2D eigenvalue weighted by Gasteiger charge is 2.42. The third-order valence-electron chi connectivity index (χ3n) is 6.99. The van der Waals surface area contributed by atoms with Crippen LogP contribution < -0.4 is 0 Å². The monoisotopic (exact) mass is 375 g/mol. The molecule has 0 N–H and O–H groups in total. The van der Waals surface area contributed by atoms with E-state index in [4.69, 9.17) is 0 Å². The van der Waals surface area contributed by atoms with Crippen LogP contribution in [0.25, 0.3) is 5.57 Å². The van der Waals surface area contributed by atoms with Crippen molar-refractivity contribution in [3.05, 3.63) is 59.7 Å². The zero-order chi connectivity index (χ0) is 19.1. The van der Waals surface area contributed by atoms with Gasteiger partial charge in [-0.25, -0.2) is 4.98 Å². The summed E-state index contributed by atoms with van der Waals surface area (Å²) >= 11 is 0. The van der Waals surface area contributed by atoms with Gasteiger partial charge in [0.15, 0.2) is 0 Å². The molecule has 1 aromatic carbocycles. The Morgan fingerprint density at radius 1 is 1.11 bits per heavy atom. The number of piperidine rings is 1. The number of nitrogens with zero attached hydrogens (tertiary/aromatic N) is 3. The summed E-state index contributed by atoms with van der Waals surface area (Å²) in [5.74, 6) is 2.88. The van der Waals surface area contributed by atoms with Crippen LogP contribution in [0, 0.1) is 11.8 Å². The number of hydrogen-bond donors (Lipinski definition) is 0. The number of imidazole rings is 1. The van der Waals surface area contributed by atoms with E-state index in [-0.39, 0.29) is 5.92 Å². The van der Waals surface area contributed by atoms with Crippen molar-refractivity contribution < 1.29 is 4.79 Å². The van der Waals surface area contributed by atoms with Gasteiger partial charge >= 0.3 is 0 Å². The summed E-state index contributed by atoms with van der Waals surface area (Å²) in [6.07, 6.45) is 10.3. The lowest BCUT2D eigenvalue weighted by atomic mass is 9.85. The Morgan fingerprint density at radius 2 is 1.86 bits per heavy atom. The molecule has 2 fully saturated rings. The third kappa shape index (κ3) is 3.19. The van der Waals surface area contributed by atoms with E-state index >= 15 is 0 Å². The summed E-state index contributed by atoms with van der Waals surface area (Å²) in [7, 11) is 0. The van der Waals surface area contributed by atoms with Gasteiger partial charge < -0.3 is 9.47 Å². The summed E-state index contributed by atoms with van der Waals surface area (Å²) < 4.78 is 2.38. The molecule has 1 saturated heterocycles. The Bertz CT molecular complexity index is 886.